The van der Waals surface area contributed by atoms with Gasteiger partial charge < -0.3 is 15.1 Å². The number of nitrogens with one attached hydrogen (secondary N) is 2. The van der Waals surface area contributed by atoms with Gasteiger partial charge in [-0.3, -0.25) is 5.10 Å². The van der Waals surface area contributed by atoms with E-state index in [1.54, 1.807) is 11.1 Å². The zero-order chi connectivity index (χ0) is 15.9. The number of anilines is 1. The molecule has 0 spiro atoms. The predicted molar refractivity (Wildman–Crippen MR) is 88.8 cm³/mol. The number of nitrogens with zero attached hydrogens (tertiary/aromatic N) is 3. The van der Waals surface area contributed by atoms with Crippen molar-refractivity contribution in [2.24, 2.45) is 0 Å². The van der Waals surface area contributed by atoms with Gasteiger partial charge >= 0.3 is 6.03 Å². The van der Waals surface area contributed by atoms with Crippen molar-refractivity contribution in [3.05, 3.63) is 36.5 Å². The Kier molecular flexibility index (Phi) is 5.55. The van der Waals surface area contributed by atoms with Crippen LogP contribution in [0.15, 0.2) is 36.5 Å². The minimum absolute atomic E-state index is 0.0707. The Balaban J connectivity index is 1.96. The molecule has 1 aromatic heterocycles. The number of carbonyl (C=O) groups excluding carboxylic acids is 1. The number of aromatic nitrogens is 2. The highest BCUT2D eigenvalue weighted by molar-refractivity contribution is 5.89. The largest absolute Gasteiger partial charge is 0.324 e. The van der Waals surface area contributed by atoms with Crippen LogP contribution in [0.4, 0.5) is 10.5 Å². The van der Waals surface area contributed by atoms with Gasteiger partial charge in [0.25, 0.3) is 0 Å². The lowest BCUT2D eigenvalue weighted by atomic mass is 10.1. The highest BCUT2D eigenvalue weighted by Gasteiger charge is 2.11. The second-order valence-electron chi connectivity index (χ2n) is 5.36. The van der Waals surface area contributed by atoms with E-state index in [1.165, 1.54) is 0 Å². The average Bonchev–Trinajstić information content (AvgIpc) is 3.02. The molecule has 2 N–H and O–H groups in total. The number of rotatable bonds is 6. The van der Waals surface area contributed by atoms with E-state index in [9.17, 15) is 4.79 Å². The van der Waals surface area contributed by atoms with Gasteiger partial charge in [0.2, 0.25) is 0 Å². The number of H-pyrrole nitrogens is 1. The van der Waals surface area contributed by atoms with Crippen molar-refractivity contribution in [2.45, 2.75) is 6.92 Å². The summed E-state index contributed by atoms with van der Waals surface area (Å²) in [6.45, 7) is 4.23. The number of carbonyl (C=O) groups is 1. The lowest BCUT2D eigenvalue weighted by Gasteiger charge is -2.23. The molecule has 2 aromatic rings. The van der Waals surface area contributed by atoms with Crippen LogP contribution in [0.25, 0.3) is 11.3 Å². The summed E-state index contributed by atoms with van der Waals surface area (Å²) in [6, 6.07) is 9.55. The van der Waals surface area contributed by atoms with Crippen LogP contribution in [-0.2, 0) is 0 Å². The van der Waals surface area contributed by atoms with E-state index in [-0.39, 0.29) is 6.03 Å². The maximum Gasteiger partial charge on any atom is 0.321 e. The van der Waals surface area contributed by atoms with Crippen LogP contribution in [0.2, 0.25) is 0 Å². The van der Waals surface area contributed by atoms with Crippen LogP contribution in [-0.4, -0.2) is 59.8 Å². The van der Waals surface area contributed by atoms with Gasteiger partial charge in [0, 0.05) is 31.5 Å². The molecule has 0 radical (unpaired) electrons. The molecule has 0 aliphatic heterocycles. The smallest absolute Gasteiger partial charge is 0.321 e. The first-order valence-corrected chi connectivity index (χ1v) is 7.40. The molecule has 2 rings (SSSR count). The Morgan fingerprint density at radius 1 is 1.18 bits per heavy atom. The van der Waals surface area contributed by atoms with Gasteiger partial charge in [-0.15, -0.1) is 0 Å². The molecule has 6 nitrogen and oxygen atoms in total. The monoisotopic (exact) mass is 301 g/mol. The molecule has 2 amide bonds. The molecule has 0 saturated carbocycles. The van der Waals surface area contributed by atoms with Crippen LogP contribution >= 0.6 is 0 Å². The van der Waals surface area contributed by atoms with Crippen LogP contribution in [0, 0.1) is 0 Å². The first-order valence-electron chi connectivity index (χ1n) is 7.40. The van der Waals surface area contributed by atoms with Crippen molar-refractivity contribution in [1.29, 1.82) is 0 Å². The Labute approximate surface area is 131 Å². The molecular weight excluding hydrogens is 278 g/mol. The normalized spacial score (nSPS) is 10.7. The predicted octanol–water partition coefficient (Wildman–Crippen LogP) is 2.49. The van der Waals surface area contributed by atoms with Crippen molar-refractivity contribution in [1.82, 2.24) is 20.0 Å². The highest BCUT2D eigenvalue weighted by atomic mass is 16.2. The number of hydrogen-bond acceptors (Lipinski definition) is 3. The summed E-state index contributed by atoms with van der Waals surface area (Å²) in [7, 11) is 4.00. The van der Waals surface area contributed by atoms with E-state index in [0.717, 1.165) is 23.5 Å². The fourth-order valence-electron chi connectivity index (χ4n) is 2.08. The van der Waals surface area contributed by atoms with Gasteiger partial charge in [0.05, 0.1) is 5.69 Å². The molecule has 22 heavy (non-hydrogen) atoms. The maximum absolute atomic E-state index is 12.2. The zero-order valence-electron chi connectivity index (χ0n) is 13.3. The summed E-state index contributed by atoms with van der Waals surface area (Å²) in [5.74, 6) is 0. The maximum atomic E-state index is 12.2. The van der Waals surface area contributed by atoms with Crippen molar-refractivity contribution < 1.29 is 4.79 Å². The molecule has 118 valence electrons. The minimum atomic E-state index is -0.0707. The quantitative estimate of drug-likeness (QED) is 0.861. The lowest BCUT2D eigenvalue weighted by Crippen LogP contribution is -2.39. The second-order valence-corrected chi connectivity index (χ2v) is 5.36. The van der Waals surface area contributed by atoms with Crippen LogP contribution in [0.1, 0.15) is 6.92 Å². The average molecular weight is 301 g/mol. The molecule has 1 heterocycles. The number of hydrogen-bond donors (Lipinski definition) is 2. The van der Waals surface area contributed by atoms with Crippen molar-refractivity contribution in [3.8, 4) is 11.3 Å². The van der Waals surface area contributed by atoms with Crippen molar-refractivity contribution in [3.63, 3.8) is 0 Å². The molecule has 6 heteroatoms. The number of benzene rings is 1. The van der Waals surface area contributed by atoms with E-state index in [4.69, 9.17) is 0 Å². The van der Waals surface area contributed by atoms with E-state index in [2.05, 4.69) is 20.4 Å². The van der Waals surface area contributed by atoms with Crippen LogP contribution in [0.5, 0.6) is 0 Å². The van der Waals surface area contributed by atoms with Gasteiger partial charge in [-0.2, -0.15) is 5.10 Å². The van der Waals surface area contributed by atoms with E-state index in [1.807, 2.05) is 51.4 Å². The summed E-state index contributed by atoms with van der Waals surface area (Å²) in [4.78, 5) is 16.1. The summed E-state index contributed by atoms with van der Waals surface area (Å²) < 4.78 is 0. The van der Waals surface area contributed by atoms with Gasteiger partial charge in [0.15, 0.2) is 0 Å². The minimum Gasteiger partial charge on any atom is -0.324 e. The van der Waals surface area contributed by atoms with Crippen molar-refractivity contribution >= 4 is 11.7 Å². The summed E-state index contributed by atoms with van der Waals surface area (Å²) in [6.07, 6.45) is 1.72. The number of urea groups is 1. The van der Waals surface area contributed by atoms with Gasteiger partial charge in [-0.25, -0.2) is 4.79 Å². The Morgan fingerprint density at radius 3 is 2.45 bits per heavy atom. The van der Waals surface area contributed by atoms with Crippen molar-refractivity contribution in [2.75, 3.05) is 39.0 Å². The Hall–Kier alpha value is -2.34. The molecular formula is C16H23N5O. The third-order valence-corrected chi connectivity index (χ3v) is 3.43. The second kappa shape index (κ2) is 7.61. The third-order valence-electron chi connectivity index (χ3n) is 3.43. The molecule has 0 fully saturated rings. The third kappa shape index (κ3) is 4.33. The molecule has 1 aromatic carbocycles. The number of amides is 2. The lowest BCUT2D eigenvalue weighted by molar-refractivity contribution is 0.208. The SMILES string of the molecule is CCN(CCN(C)C)C(=O)Nc1ccc(-c2ccn[nH]2)cc1. The fraction of sp³-hybridized carbons (Fsp3) is 0.375. The standard InChI is InChI=1S/C16H23N5O/c1-4-21(12-11-20(2)3)16(22)18-14-7-5-13(6-8-14)15-9-10-17-19-15/h5-10H,4,11-12H2,1-3H3,(H,17,19)(H,18,22). The summed E-state index contributed by atoms with van der Waals surface area (Å²) >= 11 is 0. The molecule has 0 atom stereocenters. The molecule has 0 unspecified atom stereocenters. The Bertz CT molecular complexity index is 577. The number of likely N-dealkylation sites (N-methyl/N-ethyl adjacent to an activating group) is 2. The van der Waals surface area contributed by atoms with Crippen LogP contribution in [0.3, 0.4) is 0 Å². The molecule has 0 bridgehead atoms. The van der Waals surface area contributed by atoms with E-state index < -0.39 is 0 Å². The fourth-order valence-corrected chi connectivity index (χ4v) is 2.08. The van der Waals surface area contributed by atoms with Gasteiger partial charge in [-0.1, -0.05) is 12.1 Å². The summed E-state index contributed by atoms with van der Waals surface area (Å²) in [5.41, 5.74) is 2.78. The number of aromatic amines is 1. The first-order chi connectivity index (χ1) is 10.6. The van der Waals surface area contributed by atoms with E-state index in [0.29, 0.717) is 13.1 Å². The molecule has 0 aliphatic carbocycles. The van der Waals surface area contributed by atoms with E-state index >= 15 is 0 Å². The summed E-state index contributed by atoms with van der Waals surface area (Å²) in [5, 5.41) is 9.78. The Morgan fingerprint density at radius 2 is 1.91 bits per heavy atom. The highest BCUT2D eigenvalue weighted by Crippen LogP contribution is 2.19. The van der Waals surface area contributed by atoms with Gasteiger partial charge in [0.1, 0.15) is 0 Å². The van der Waals surface area contributed by atoms with Crippen LogP contribution < -0.4 is 5.32 Å². The molecule has 0 aliphatic rings. The van der Waals surface area contributed by atoms with Gasteiger partial charge in [-0.05, 0) is 44.8 Å². The zero-order valence-corrected chi connectivity index (χ0v) is 13.3. The topological polar surface area (TPSA) is 64.3 Å². The molecule has 0 saturated heterocycles. The first kappa shape index (κ1) is 16.0.